The predicted molar refractivity (Wildman–Crippen MR) is 114 cm³/mol. The highest BCUT2D eigenvalue weighted by Crippen LogP contribution is 2.47. The molecule has 2 fully saturated rings. The number of aryl methyl sites for hydroxylation is 1. The minimum Gasteiger partial charge on any atom is -0.461 e. The first kappa shape index (κ1) is 22.2. The van der Waals surface area contributed by atoms with Crippen molar-refractivity contribution in [1.29, 1.82) is 0 Å². The number of piperidine rings is 1. The number of rotatable bonds is 5. The van der Waals surface area contributed by atoms with Crippen molar-refractivity contribution in [2.75, 3.05) is 13.2 Å². The smallest absolute Gasteiger partial charge is 0.433 e. The molecule has 34 heavy (non-hydrogen) atoms. The van der Waals surface area contributed by atoms with Crippen LogP contribution in [0, 0.1) is 18.8 Å². The van der Waals surface area contributed by atoms with Crippen molar-refractivity contribution < 1.29 is 22.7 Å². The molecule has 1 saturated carbocycles. The maximum Gasteiger partial charge on any atom is 0.433 e. The quantitative estimate of drug-likeness (QED) is 0.563. The van der Waals surface area contributed by atoms with Crippen molar-refractivity contribution in [2.45, 2.75) is 32.0 Å². The Labute approximate surface area is 193 Å². The van der Waals surface area contributed by atoms with E-state index in [-0.39, 0.29) is 30.3 Å². The molecule has 1 saturated heterocycles. The molecule has 1 aliphatic heterocycles. The van der Waals surface area contributed by atoms with Gasteiger partial charge in [0.25, 0.3) is 5.91 Å². The van der Waals surface area contributed by atoms with Gasteiger partial charge < -0.3 is 9.64 Å². The summed E-state index contributed by atoms with van der Waals surface area (Å²) in [5.74, 6) is 0.994. The Morgan fingerprint density at radius 2 is 1.85 bits per heavy atom. The van der Waals surface area contributed by atoms with Crippen LogP contribution in [0.15, 0.2) is 42.9 Å². The van der Waals surface area contributed by atoms with E-state index in [2.05, 4.69) is 24.9 Å². The highest BCUT2D eigenvalue weighted by atomic mass is 19.4. The van der Waals surface area contributed by atoms with Crippen molar-refractivity contribution in [3.63, 3.8) is 0 Å². The molecule has 2 aliphatic rings. The van der Waals surface area contributed by atoms with Crippen molar-refractivity contribution in [3.05, 3.63) is 59.9 Å². The maximum absolute atomic E-state index is 13.7. The number of nitrogens with zero attached hydrogens (tertiary/aromatic N) is 6. The number of pyridine rings is 1. The van der Waals surface area contributed by atoms with Gasteiger partial charge in [-0.05, 0) is 55.9 Å². The number of carbonyl (C=O) groups excluding carboxylic acids is 1. The minimum atomic E-state index is -4.60. The van der Waals surface area contributed by atoms with E-state index in [1.807, 2.05) is 0 Å². The van der Waals surface area contributed by atoms with Crippen LogP contribution in [0.2, 0.25) is 0 Å². The Bertz CT molecular complexity index is 1210. The summed E-state index contributed by atoms with van der Waals surface area (Å²) in [4.78, 5) is 35.7. The summed E-state index contributed by atoms with van der Waals surface area (Å²) in [5.41, 5.74) is 0.364. The zero-order valence-electron chi connectivity index (χ0n) is 18.2. The summed E-state index contributed by atoms with van der Waals surface area (Å²) in [6.07, 6.45) is 1.31. The van der Waals surface area contributed by atoms with Gasteiger partial charge in [0.15, 0.2) is 11.5 Å². The monoisotopic (exact) mass is 470 g/mol. The second-order valence-corrected chi connectivity index (χ2v) is 8.56. The van der Waals surface area contributed by atoms with E-state index < -0.39 is 11.9 Å². The third-order valence-electron chi connectivity index (χ3n) is 6.15. The number of amides is 1. The number of hydrogen-bond acceptors (Lipinski definition) is 7. The van der Waals surface area contributed by atoms with Gasteiger partial charge in [0.1, 0.15) is 12.3 Å². The molecule has 4 heterocycles. The van der Waals surface area contributed by atoms with E-state index in [1.54, 1.807) is 42.4 Å². The summed E-state index contributed by atoms with van der Waals surface area (Å²) in [7, 11) is 0. The summed E-state index contributed by atoms with van der Waals surface area (Å²) in [6, 6.07) is 5.33. The lowest BCUT2D eigenvalue weighted by Crippen LogP contribution is -2.48. The van der Waals surface area contributed by atoms with Gasteiger partial charge in [0.2, 0.25) is 0 Å². The van der Waals surface area contributed by atoms with Gasteiger partial charge >= 0.3 is 12.2 Å². The molecule has 3 aromatic heterocycles. The Kier molecular flexibility index (Phi) is 5.62. The van der Waals surface area contributed by atoms with Gasteiger partial charge in [0, 0.05) is 30.8 Å². The summed E-state index contributed by atoms with van der Waals surface area (Å²) in [6.45, 7) is 2.32. The molecule has 176 valence electrons. The first-order valence-electron chi connectivity index (χ1n) is 10.9. The third-order valence-corrected chi connectivity index (χ3v) is 6.15. The number of carbonyl (C=O) groups is 1. The van der Waals surface area contributed by atoms with Crippen LogP contribution >= 0.6 is 0 Å². The highest BCUT2D eigenvalue weighted by Gasteiger charge is 2.48. The van der Waals surface area contributed by atoms with Crippen molar-refractivity contribution >= 4 is 5.91 Å². The Hall–Kier alpha value is -3.63. The number of halogens is 3. The van der Waals surface area contributed by atoms with Crippen molar-refractivity contribution in [2.24, 2.45) is 11.8 Å². The second-order valence-electron chi connectivity index (χ2n) is 8.56. The molecule has 3 atom stereocenters. The van der Waals surface area contributed by atoms with Crippen molar-refractivity contribution in [1.82, 2.24) is 29.8 Å². The first-order valence-corrected chi connectivity index (χ1v) is 10.9. The van der Waals surface area contributed by atoms with E-state index in [4.69, 9.17) is 4.74 Å². The molecule has 0 bridgehead atoms. The molecule has 0 N–H and O–H groups in total. The summed E-state index contributed by atoms with van der Waals surface area (Å²) in [5, 5.41) is 0. The number of hydrogen-bond donors (Lipinski definition) is 0. The van der Waals surface area contributed by atoms with Gasteiger partial charge in [0.05, 0.1) is 11.6 Å². The molecule has 1 aliphatic carbocycles. The van der Waals surface area contributed by atoms with Crippen LogP contribution in [0.1, 0.15) is 34.7 Å². The van der Waals surface area contributed by atoms with Crippen LogP contribution in [-0.2, 0) is 6.18 Å². The number of likely N-dealkylation sites (tertiary alicyclic amines) is 1. The topological polar surface area (TPSA) is 94.0 Å². The lowest BCUT2D eigenvalue weighted by atomic mass is 10.0. The van der Waals surface area contributed by atoms with Crippen LogP contribution in [-0.4, -0.2) is 54.9 Å². The van der Waals surface area contributed by atoms with Crippen LogP contribution in [0.4, 0.5) is 13.2 Å². The number of fused-ring (bicyclic) bond motifs is 1. The molecule has 3 aromatic rings. The lowest BCUT2D eigenvalue weighted by Gasteiger charge is -2.35. The van der Waals surface area contributed by atoms with Gasteiger partial charge in [-0.15, -0.1) is 0 Å². The second kappa shape index (κ2) is 8.62. The zero-order valence-corrected chi connectivity index (χ0v) is 18.2. The van der Waals surface area contributed by atoms with Gasteiger partial charge in [-0.2, -0.15) is 18.2 Å². The Morgan fingerprint density at radius 1 is 1.06 bits per heavy atom. The van der Waals surface area contributed by atoms with Crippen LogP contribution in [0.25, 0.3) is 11.4 Å². The third kappa shape index (κ3) is 4.55. The molecule has 11 heteroatoms. The number of ether oxygens (including phenoxy) is 1. The number of aromatic nitrogens is 5. The Balaban J connectivity index is 1.40. The minimum absolute atomic E-state index is 0.0146. The molecule has 5 rings (SSSR count). The average Bonchev–Trinajstić information content (AvgIpc) is 3.60. The predicted octanol–water partition coefficient (Wildman–Crippen LogP) is 3.59. The molecule has 1 amide bonds. The molecule has 0 aromatic carbocycles. The summed E-state index contributed by atoms with van der Waals surface area (Å²) < 4.78 is 44.5. The van der Waals surface area contributed by atoms with E-state index in [0.717, 1.165) is 18.7 Å². The fourth-order valence-electron chi connectivity index (χ4n) is 4.32. The average molecular weight is 470 g/mol. The standard InChI is InChI=1S/C23H21F3N6O2/c1-13-3-4-17(20-27-6-2-7-28-20)19(30-13)21(33)32-11-15-9-14(15)10-16(32)12-34-22-29-8-5-18(31-22)23(24,25)26/h2-8,14-16H,9-12H2,1H3/t14-,15+,16+/m1/s1. The van der Waals surface area contributed by atoms with Crippen LogP contribution in [0.3, 0.4) is 0 Å². The van der Waals surface area contributed by atoms with E-state index in [0.29, 0.717) is 41.9 Å². The van der Waals surface area contributed by atoms with Gasteiger partial charge in [-0.1, -0.05) is 0 Å². The molecule has 0 radical (unpaired) electrons. The van der Waals surface area contributed by atoms with Crippen LogP contribution < -0.4 is 4.74 Å². The van der Waals surface area contributed by atoms with Gasteiger partial charge in [-0.3, -0.25) is 4.79 Å². The van der Waals surface area contributed by atoms with Gasteiger partial charge in [-0.25, -0.2) is 19.9 Å². The lowest BCUT2D eigenvalue weighted by molar-refractivity contribution is -0.141. The maximum atomic E-state index is 13.7. The molecule has 0 unspecified atom stereocenters. The zero-order chi connectivity index (χ0) is 23.9. The fraction of sp³-hybridized carbons (Fsp3) is 0.391. The molecular formula is C23H21F3N6O2. The van der Waals surface area contributed by atoms with Crippen LogP contribution in [0.5, 0.6) is 6.01 Å². The SMILES string of the molecule is Cc1ccc(-c2ncccn2)c(C(=O)N2C[C@@H]3C[C@@H]3C[C@H]2COc2nccc(C(F)(F)F)n2)n1. The van der Waals surface area contributed by atoms with E-state index >= 15 is 0 Å². The number of alkyl halides is 3. The Morgan fingerprint density at radius 3 is 2.62 bits per heavy atom. The van der Waals surface area contributed by atoms with E-state index in [9.17, 15) is 18.0 Å². The van der Waals surface area contributed by atoms with E-state index in [1.165, 1.54) is 0 Å². The largest absolute Gasteiger partial charge is 0.461 e. The highest BCUT2D eigenvalue weighted by molar-refractivity contribution is 5.98. The fourth-order valence-corrected chi connectivity index (χ4v) is 4.32. The molecule has 0 spiro atoms. The normalized spacial score (nSPS) is 21.6. The molecular weight excluding hydrogens is 449 g/mol. The molecule has 8 nitrogen and oxygen atoms in total. The summed E-state index contributed by atoms with van der Waals surface area (Å²) >= 11 is 0. The van der Waals surface area contributed by atoms with Crippen molar-refractivity contribution in [3.8, 4) is 17.4 Å². The first-order chi connectivity index (χ1) is 16.3.